The second-order valence-electron chi connectivity index (χ2n) is 15.5. The number of primary amides is 1. The lowest BCUT2D eigenvalue weighted by molar-refractivity contribution is -0.142. The lowest BCUT2D eigenvalue weighted by Gasteiger charge is -2.30. The first-order valence-corrected chi connectivity index (χ1v) is 20.9. The highest BCUT2D eigenvalue weighted by molar-refractivity contribution is 6.00. The fourth-order valence-electron chi connectivity index (χ4n) is 6.63. The second kappa shape index (κ2) is 24.5. The molecule has 0 spiro atoms. The van der Waals surface area contributed by atoms with Crippen molar-refractivity contribution in [3.05, 3.63) is 113 Å². The van der Waals surface area contributed by atoms with E-state index >= 15 is 0 Å². The van der Waals surface area contributed by atoms with Gasteiger partial charge < -0.3 is 53.0 Å². The van der Waals surface area contributed by atoms with Gasteiger partial charge in [-0.2, -0.15) is 0 Å². The number of urea groups is 2. The summed E-state index contributed by atoms with van der Waals surface area (Å²) >= 11 is 0. The molecule has 4 rings (SSSR count). The van der Waals surface area contributed by atoms with Crippen LogP contribution in [0.25, 0.3) is 0 Å². The number of unbranched alkanes of at least 4 members (excludes halogenated alkanes) is 1. The molecule has 3 aromatic carbocycles. The average Bonchev–Trinajstić information content (AvgIpc) is 3.76. The molecule has 17 heteroatoms. The third kappa shape index (κ3) is 16.4. The van der Waals surface area contributed by atoms with E-state index < -0.39 is 59.9 Å². The largest absolute Gasteiger partial charge is 0.480 e. The summed E-state index contributed by atoms with van der Waals surface area (Å²) in [6, 6.07) is 17.4. The summed E-state index contributed by atoms with van der Waals surface area (Å²) in [5.41, 5.74) is 10.5. The molecule has 0 saturated carbocycles. The minimum atomic E-state index is -1.22. The molecule has 17 nitrogen and oxygen atoms in total. The SMILES string of the molecule is CCC(C)[C@@H](CN[C@@H](Cc1ccc(C)cc1)C(=O)N[C@H](Cc1cnc[nH]1)C(=O)O)NC(=O)[C@H](CCCCNC(N)=O)NC(=O)Cc1ccc(NC(=O)Nc2ccccc2C)cc1. The van der Waals surface area contributed by atoms with E-state index in [1.165, 1.54) is 12.5 Å². The number of hydrogen-bond donors (Lipinski definition) is 10. The maximum atomic E-state index is 14.1. The Bertz CT molecular complexity index is 2080. The molecular weight excluding hydrogens is 793 g/mol. The number of aliphatic carboxylic acids is 1. The molecule has 0 aliphatic heterocycles. The number of carboxylic acids is 1. The predicted molar refractivity (Wildman–Crippen MR) is 237 cm³/mol. The highest BCUT2D eigenvalue weighted by Gasteiger charge is 2.30. The van der Waals surface area contributed by atoms with Gasteiger partial charge in [-0.1, -0.05) is 80.4 Å². The first kappa shape index (κ1) is 47.9. The molecule has 62 heavy (non-hydrogen) atoms. The Morgan fingerprint density at radius 2 is 1.48 bits per heavy atom. The van der Waals surface area contributed by atoms with Crippen molar-refractivity contribution in [3.63, 3.8) is 0 Å². The molecule has 0 aliphatic carbocycles. The van der Waals surface area contributed by atoms with Gasteiger partial charge >= 0.3 is 18.0 Å². The number of imidazole rings is 1. The molecule has 4 aromatic rings. The zero-order valence-electron chi connectivity index (χ0n) is 35.8. The molecule has 5 atom stereocenters. The first-order valence-electron chi connectivity index (χ1n) is 20.9. The van der Waals surface area contributed by atoms with E-state index in [4.69, 9.17) is 5.73 Å². The van der Waals surface area contributed by atoms with Crippen LogP contribution >= 0.6 is 0 Å². The van der Waals surface area contributed by atoms with Gasteiger partial charge in [0.2, 0.25) is 17.7 Å². The summed E-state index contributed by atoms with van der Waals surface area (Å²) < 4.78 is 0. The summed E-state index contributed by atoms with van der Waals surface area (Å²) in [7, 11) is 0. The smallest absolute Gasteiger partial charge is 0.326 e. The molecule has 1 aromatic heterocycles. The maximum absolute atomic E-state index is 14.1. The Labute approximate surface area is 362 Å². The topological polar surface area (TPSA) is 262 Å². The summed E-state index contributed by atoms with van der Waals surface area (Å²) in [5.74, 6) is -2.59. The minimum absolute atomic E-state index is 0.00572. The van der Waals surface area contributed by atoms with Crippen molar-refractivity contribution < 1.29 is 33.9 Å². The molecule has 332 valence electrons. The zero-order valence-corrected chi connectivity index (χ0v) is 35.8. The maximum Gasteiger partial charge on any atom is 0.326 e. The Morgan fingerprint density at radius 1 is 0.790 bits per heavy atom. The van der Waals surface area contributed by atoms with E-state index in [9.17, 15) is 33.9 Å². The number of H-pyrrole nitrogens is 1. The number of anilines is 2. The van der Waals surface area contributed by atoms with E-state index in [2.05, 4.69) is 47.2 Å². The number of amides is 7. The summed E-state index contributed by atoms with van der Waals surface area (Å²) in [4.78, 5) is 84.2. The number of hydrogen-bond acceptors (Lipinski definition) is 8. The number of nitrogens with two attached hydrogens (primary N) is 1. The molecule has 0 radical (unpaired) electrons. The van der Waals surface area contributed by atoms with Crippen LogP contribution in [0.2, 0.25) is 0 Å². The number of aromatic nitrogens is 2. The molecule has 1 unspecified atom stereocenters. The molecule has 1 heterocycles. The minimum Gasteiger partial charge on any atom is -0.480 e. The Hall–Kier alpha value is -6.75. The molecule has 7 amide bonds. The van der Waals surface area contributed by atoms with E-state index in [0.29, 0.717) is 48.4 Å². The number of nitrogens with one attached hydrogen (secondary N) is 8. The average molecular weight is 853 g/mol. The van der Waals surface area contributed by atoms with Crippen molar-refractivity contribution in [1.82, 2.24) is 36.6 Å². The fourth-order valence-corrected chi connectivity index (χ4v) is 6.63. The fraction of sp³-hybridized carbons (Fsp3) is 0.400. The van der Waals surface area contributed by atoms with Crippen molar-refractivity contribution in [2.24, 2.45) is 11.7 Å². The van der Waals surface area contributed by atoms with Gasteiger partial charge in [-0.05, 0) is 80.3 Å². The Morgan fingerprint density at radius 3 is 2.13 bits per heavy atom. The standard InChI is InChI=1S/C45H60N10O7/c1-5-29(3)39(26-49-37(22-31-15-13-28(2)14-16-31)42(58)53-38(43(59)60)24-34-25-47-27-50-34)54-41(57)36(12-8-9-21-48-44(46)61)52-40(56)23-32-17-19-33(20-18-32)51-45(62)55-35-11-7-6-10-30(35)4/h6-7,10-11,13-20,25,27,29,36-39,49H,5,8-9,12,21-24,26H2,1-4H3,(H,47,50)(H,52,56)(H,53,58)(H,54,57)(H,59,60)(H3,46,48,61)(H2,51,55,62)/t29?,36-,37-,38+,39+/m0/s1. The highest BCUT2D eigenvalue weighted by Crippen LogP contribution is 2.16. The zero-order chi connectivity index (χ0) is 45.0. The molecular formula is C45H60N10O7. The van der Waals surface area contributed by atoms with Gasteiger partial charge in [-0.3, -0.25) is 14.4 Å². The van der Waals surface area contributed by atoms with E-state index in [1.54, 1.807) is 30.3 Å². The number of carbonyl (C=O) groups excluding carboxylic acids is 5. The summed E-state index contributed by atoms with van der Waals surface area (Å²) in [5, 5.41) is 30.1. The van der Waals surface area contributed by atoms with Crippen LogP contribution in [0.1, 0.15) is 67.5 Å². The molecule has 0 saturated heterocycles. The number of benzene rings is 3. The van der Waals surface area contributed by atoms with Crippen molar-refractivity contribution in [2.45, 2.75) is 96.8 Å². The number of aromatic amines is 1. The number of nitrogens with zero attached hydrogens (tertiary/aromatic N) is 1. The first-order chi connectivity index (χ1) is 29.7. The predicted octanol–water partition coefficient (Wildman–Crippen LogP) is 4.08. The number of carboxylic acid groups (broad SMARTS) is 1. The summed E-state index contributed by atoms with van der Waals surface area (Å²) in [6.45, 7) is 8.27. The highest BCUT2D eigenvalue weighted by atomic mass is 16.4. The lowest BCUT2D eigenvalue weighted by Crippen LogP contribution is -2.57. The van der Waals surface area contributed by atoms with Crippen molar-refractivity contribution >= 4 is 47.1 Å². The van der Waals surface area contributed by atoms with Crippen LogP contribution in [-0.2, 0) is 38.4 Å². The van der Waals surface area contributed by atoms with Gasteiger partial charge in [0.05, 0.1) is 18.8 Å². The number of aryl methyl sites for hydroxylation is 2. The van der Waals surface area contributed by atoms with Crippen molar-refractivity contribution in [2.75, 3.05) is 23.7 Å². The molecule has 11 N–H and O–H groups in total. The Balaban J connectivity index is 1.44. The second-order valence-corrected chi connectivity index (χ2v) is 15.5. The lowest BCUT2D eigenvalue weighted by atomic mass is 9.97. The van der Waals surface area contributed by atoms with Crippen LogP contribution in [0.15, 0.2) is 85.3 Å². The number of rotatable bonds is 24. The van der Waals surface area contributed by atoms with Gasteiger partial charge in [0.1, 0.15) is 12.1 Å². The normalized spacial score (nSPS) is 13.4. The van der Waals surface area contributed by atoms with E-state index in [1.807, 2.05) is 70.2 Å². The van der Waals surface area contributed by atoms with Crippen LogP contribution in [0.5, 0.6) is 0 Å². The quantitative estimate of drug-likeness (QED) is 0.0455. The van der Waals surface area contributed by atoms with Gasteiger partial charge in [0, 0.05) is 48.8 Å². The number of carbonyl (C=O) groups is 6. The van der Waals surface area contributed by atoms with Gasteiger partial charge in [-0.25, -0.2) is 19.4 Å². The Kier molecular flexibility index (Phi) is 18.9. The van der Waals surface area contributed by atoms with Crippen LogP contribution in [0, 0.1) is 19.8 Å². The summed E-state index contributed by atoms with van der Waals surface area (Å²) in [6.07, 6.45) is 5.11. The van der Waals surface area contributed by atoms with Gasteiger partial charge in [0.15, 0.2) is 0 Å². The van der Waals surface area contributed by atoms with Crippen molar-refractivity contribution in [1.29, 1.82) is 0 Å². The third-order valence-electron chi connectivity index (χ3n) is 10.6. The van der Waals surface area contributed by atoms with Crippen LogP contribution in [0.3, 0.4) is 0 Å². The van der Waals surface area contributed by atoms with Gasteiger partial charge in [0.25, 0.3) is 0 Å². The van der Waals surface area contributed by atoms with E-state index in [-0.39, 0.29) is 38.1 Å². The monoisotopic (exact) mass is 852 g/mol. The van der Waals surface area contributed by atoms with Crippen LogP contribution in [0.4, 0.5) is 21.0 Å². The molecule has 0 fully saturated rings. The third-order valence-corrected chi connectivity index (χ3v) is 10.6. The van der Waals surface area contributed by atoms with Crippen molar-refractivity contribution in [3.8, 4) is 0 Å². The van der Waals surface area contributed by atoms with Crippen LogP contribution < -0.4 is 43.0 Å². The van der Waals surface area contributed by atoms with Crippen LogP contribution in [-0.4, -0.2) is 88.1 Å². The molecule has 0 aliphatic rings. The molecule has 0 bridgehead atoms. The number of para-hydroxylation sites is 1. The van der Waals surface area contributed by atoms with Gasteiger partial charge in [-0.15, -0.1) is 0 Å². The van der Waals surface area contributed by atoms with E-state index in [0.717, 1.165) is 16.7 Å².